The predicted molar refractivity (Wildman–Crippen MR) is 140 cm³/mol. The highest BCUT2D eigenvalue weighted by Crippen LogP contribution is 2.31. The molecule has 3 rings (SSSR count). The van der Waals surface area contributed by atoms with Crippen molar-refractivity contribution >= 4 is 54.8 Å². The smallest absolute Gasteiger partial charge is 0.229 e. The summed E-state index contributed by atoms with van der Waals surface area (Å²) in [5.41, 5.74) is 2.94. The fourth-order valence-corrected chi connectivity index (χ4v) is 5.83. The SMILES string of the molecule is CCN(CC)CCN(C(=O)CCS(=O)(=O)c1ccc(C)cc1)c1nc2c(C)cccc2s1.Cl. The zero-order chi connectivity index (χ0) is 23.3. The number of likely N-dealkylation sites (N-methyl/N-ethyl adjacent to an activating group) is 1. The third-order valence-electron chi connectivity index (χ3n) is 5.64. The maximum atomic E-state index is 13.2. The van der Waals surface area contributed by atoms with E-state index in [2.05, 4.69) is 18.7 Å². The Hall–Kier alpha value is -2.00. The maximum Gasteiger partial charge on any atom is 0.229 e. The molecule has 0 aliphatic heterocycles. The first-order valence-corrected chi connectivity index (χ1v) is 13.4. The number of hydrogen-bond donors (Lipinski definition) is 0. The normalized spacial score (nSPS) is 11.5. The molecule has 0 N–H and O–H groups in total. The highest BCUT2D eigenvalue weighted by atomic mass is 35.5. The highest BCUT2D eigenvalue weighted by molar-refractivity contribution is 7.91. The number of nitrogens with zero attached hydrogens (tertiary/aromatic N) is 3. The number of carbonyl (C=O) groups is 1. The molecule has 6 nitrogen and oxygen atoms in total. The van der Waals surface area contributed by atoms with E-state index < -0.39 is 9.84 Å². The second kappa shape index (κ2) is 11.9. The maximum absolute atomic E-state index is 13.2. The van der Waals surface area contributed by atoms with E-state index in [1.165, 1.54) is 11.3 Å². The summed E-state index contributed by atoms with van der Waals surface area (Å²) >= 11 is 1.47. The first kappa shape index (κ1) is 27.2. The highest BCUT2D eigenvalue weighted by Gasteiger charge is 2.24. The van der Waals surface area contributed by atoms with Gasteiger partial charge in [0, 0.05) is 19.5 Å². The minimum Gasteiger partial charge on any atom is -0.302 e. The van der Waals surface area contributed by atoms with Crippen molar-refractivity contribution in [1.82, 2.24) is 9.88 Å². The lowest BCUT2D eigenvalue weighted by Gasteiger charge is -2.24. The van der Waals surface area contributed by atoms with Gasteiger partial charge in [-0.3, -0.25) is 9.69 Å². The summed E-state index contributed by atoms with van der Waals surface area (Å²) in [4.78, 5) is 22.1. The zero-order valence-electron chi connectivity index (χ0n) is 19.6. The van der Waals surface area contributed by atoms with Gasteiger partial charge in [0.05, 0.1) is 20.9 Å². The minimum atomic E-state index is -3.53. The molecular formula is C24H32ClN3O3S2. The molecule has 0 bridgehead atoms. The largest absolute Gasteiger partial charge is 0.302 e. The van der Waals surface area contributed by atoms with E-state index >= 15 is 0 Å². The number of thiazole rings is 1. The van der Waals surface area contributed by atoms with Gasteiger partial charge in [-0.25, -0.2) is 13.4 Å². The van der Waals surface area contributed by atoms with Gasteiger partial charge in [-0.1, -0.05) is 55.0 Å². The quantitative estimate of drug-likeness (QED) is 0.390. The molecule has 0 unspecified atom stereocenters. The van der Waals surface area contributed by atoms with Crippen LogP contribution in [0.3, 0.4) is 0 Å². The van der Waals surface area contributed by atoms with Crippen molar-refractivity contribution < 1.29 is 13.2 Å². The van der Waals surface area contributed by atoms with Crippen LogP contribution in [0.2, 0.25) is 0 Å². The summed E-state index contributed by atoms with van der Waals surface area (Å²) in [5, 5.41) is 0.624. The Morgan fingerprint density at radius 2 is 1.67 bits per heavy atom. The molecule has 3 aromatic rings. The number of rotatable bonds is 10. The number of para-hydroxylation sites is 1. The molecular weight excluding hydrogens is 478 g/mol. The third-order valence-corrected chi connectivity index (χ3v) is 8.42. The summed E-state index contributed by atoms with van der Waals surface area (Å²) < 4.78 is 26.5. The van der Waals surface area contributed by atoms with Gasteiger partial charge in [0.2, 0.25) is 5.91 Å². The molecule has 0 atom stereocenters. The van der Waals surface area contributed by atoms with Crippen LogP contribution in [-0.4, -0.2) is 56.1 Å². The average molecular weight is 510 g/mol. The summed E-state index contributed by atoms with van der Waals surface area (Å²) in [5.74, 6) is -0.440. The van der Waals surface area contributed by atoms with Crippen LogP contribution >= 0.6 is 23.7 Å². The van der Waals surface area contributed by atoms with Gasteiger partial charge in [0.1, 0.15) is 0 Å². The number of halogens is 1. The first-order chi connectivity index (χ1) is 15.2. The van der Waals surface area contributed by atoms with Crippen molar-refractivity contribution in [2.45, 2.75) is 39.0 Å². The van der Waals surface area contributed by atoms with Crippen molar-refractivity contribution in [2.24, 2.45) is 0 Å². The molecule has 0 fully saturated rings. The number of amides is 1. The van der Waals surface area contributed by atoms with Gasteiger partial charge in [0.25, 0.3) is 0 Å². The molecule has 0 spiro atoms. The fraction of sp³-hybridized carbons (Fsp3) is 0.417. The molecule has 1 aromatic heterocycles. The van der Waals surface area contributed by atoms with E-state index in [4.69, 9.17) is 4.98 Å². The van der Waals surface area contributed by atoms with Gasteiger partial charge >= 0.3 is 0 Å². The van der Waals surface area contributed by atoms with Gasteiger partial charge in [0.15, 0.2) is 15.0 Å². The number of hydrogen-bond acceptors (Lipinski definition) is 6. The molecule has 1 amide bonds. The lowest BCUT2D eigenvalue weighted by atomic mass is 10.2. The molecule has 0 radical (unpaired) electrons. The Kier molecular flexibility index (Phi) is 9.84. The monoisotopic (exact) mass is 509 g/mol. The van der Waals surface area contributed by atoms with E-state index in [-0.39, 0.29) is 35.4 Å². The number of fused-ring (bicyclic) bond motifs is 1. The minimum absolute atomic E-state index is 0. The van der Waals surface area contributed by atoms with Gasteiger partial charge in [-0.15, -0.1) is 12.4 Å². The van der Waals surface area contributed by atoms with Crippen LogP contribution in [0.1, 0.15) is 31.4 Å². The molecule has 9 heteroatoms. The topological polar surface area (TPSA) is 70.6 Å². The van der Waals surface area contributed by atoms with Crippen LogP contribution in [-0.2, 0) is 14.6 Å². The number of sulfone groups is 1. The summed E-state index contributed by atoms with van der Waals surface area (Å²) in [7, 11) is -3.53. The van der Waals surface area contributed by atoms with Crippen LogP contribution < -0.4 is 4.90 Å². The molecule has 1 heterocycles. The van der Waals surface area contributed by atoms with E-state index in [0.717, 1.165) is 34.4 Å². The summed E-state index contributed by atoms with van der Waals surface area (Å²) in [6, 6.07) is 12.7. The average Bonchev–Trinajstić information content (AvgIpc) is 3.21. The van der Waals surface area contributed by atoms with Crippen LogP contribution in [0.5, 0.6) is 0 Å². The van der Waals surface area contributed by atoms with Crippen LogP contribution in [0, 0.1) is 13.8 Å². The molecule has 33 heavy (non-hydrogen) atoms. The van der Waals surface area contributed by atoms with Crippen molar-refractivity contribution in [1.29, 1.82) is 0 Å². The van der Waals surface area contributed by atoms with Crippen molar-refractivity contribution in [2.75, 3.05) is 36.8 Å². The van der Waals surface area contributed by atoms with Gasteiger partial charge in [-0.2, -0.15) is 0 Å². The Morgan fingerprint density at radius 1 is 1.00 bits per heavy atom. The van der Waals surface area contributed by atoms with Crippen molar-refractivity contribution in [3.63, 3.8) is 0 Å². The standard InChI is InChI=1S/C24H31N3O3S2.ClH/c1-5-26(6-2)15-16-27(24-25-23-19(4)8-7-9-21(23)31-24)22(28)14-17-32(29,30)20-12-10-18(3)11-13-20;/h7-13H,5-6,14-17H2,1-4H3;1H. The number of benzene rings is 2. The Morgan fingerprint density at radius 3 is 2.27 bits per heavy atom. The molecule has 180 valence electrons. The van der Waals surface area contributed by atoms with E-state index in [0.29, 0.717) is 18.2 Å². The van der Waals surface area contributed by atoms with Gasteiger partial charge < -0.3 is 4.90 Å². The third kappa shape index (κ3) is 6.76. The molecule has 0 aliphatic carbocycles. The molecule has 2 aromatic carbocycles. The van der Waals surface area contributed by atoms with Crippen LogP contribution in [0.15, 0.2) is 47.4 Å². The van der Waals surface area contributed by atoms with E-state index in [1.54, 1.807) is 29.2 Å². The Labute approximate surface area is 207 Å². The fourth-order valence-electron chi connectivity index (χ4n) is 3.52. The lowest BCUT2D eigenvalue weighted by Crippen LogP contribution is -2.39. The first-order valence-electron chi connectivity index (χ1n) is 10.9. The number of aromatic nitrogens is 1. The summed E-state index contributed by atoms with van der Waals surface area (Å²) in [6.07, 6.45) is -0.0800. The van der Waals surface area contributed by atoms with Crippen LogP contribution in [0.4, 0.5) is 5.13 Å². The molecule has 0 saturated carbocycles. The Balaban J connectivity index is 0.00000385. The number of carbonyl (C=O) groups excluding carboxylic acids is 1. The summed E-state index contributed by atoms with van der Waals surface area (Å²) in [6.45, 7) is 11.0. The molecule has 0 saturated heterocycles. The van der Waals surface area contributed by atoms with Crippen LogP contribution in [0.25, 0.3) is 10.2 Å². The second-order valence-corrected chi connectivity index (χ2v) is 11.0. The van der Waals surface area contributed by atoms with Gasteiger partial charge in [-0.05, 0) is 50.7 Å². The van der Waals surface area contributed by atoms with E-state index in [1.807, 2.05) is 32.0 Å². The van der Waals surface area contributed by atoms with E-state index in [9.17, 15) is 13.2 Å². The number of anilines is 1. The molecule has 0 aliphatic rings. The van der Waals surface area contributed by atoms with Crippen molar-refractivity contribution in [3.8, 4) is 0 Å². The Bertz CT molecular complexity index is 1170. The second-order valence-electron chi connectivity index (χ2n) is 7.87. The zero-order valence-corrected chi connectivity index (χ0v) is 22.0. The lowest BCUT2D eigenvalue weighted by molar-refractivity contribution is -0.118. The predicted octanol–water partition coefficient (Wildman–Crippen LogP) is 4.87. The van der Waals surface area contributed by atoms with Crippen molar-refractivity contribution in [3.05, 3.63) is 53.6 Å². The number of aryl methyl sites for hydroxylation is 2.